The Labute approximate surface area is 110 Å². The van der Waals surface area contributed by atoms with E-state index in [9.17, 15) is 5.11 Å². The number of aliphatic hydroxyl groups excluding tert-OH is 1. The van der Waals surface area contributed by atoms with Crippen LogP contribution in [0.3, 0.4) is 0 Å². The standard InChI is InChI=1S/C13H18BrNO2/c14-10-4-5-13(11(6-10)12(16)7-15)17-8-9-2-1-3-9/h4-6,9,12,16H,1-3,7-8,15H2. The quantitative estimate of drug-likeness (QED) is 0.879. The number of halogens is 1. The van der Waals surface area contributed by atoms with Crippen molar-refractivity contribution >= 4 is 15.9 Å². The smallest absolute Gasteiger partial charge is 0.125 e. The molecule has 0 saturated heterocycles. The lowest BCUT2D eigenvalue weighted by Gasteiger charge is -2.26. The van der Waals surface area contributed by atoms with Crippen molar-refractivity contribution in [3.05, 3.63) is 28.2 Å². The van der Waals surface area contributed by atoms with Crippen LogP contribution < -0.4 is 10.5 Å². The lowest BCUT2D eigenvalue weighted by Crippen LogP contribution is -2.20. The van der Waals surface area contributed by atoms with Gasteiger partial charge in [-0.1, -0.05) is 22.4 Å². The van der Waals surface area contributed by atoms with Crippen molar-refractivity contribution in [2.24, 2.45) is 11.7 Å². The van der Waals surface area contributed by atoms with E-state index in [1.54, 1.807) is 0 Å². The van der Waals surface area contributed by atoms with E-state index >= 15 is 0 Å². The molecule has 2 rings (SSSR count). The molecule has 4 heteroatoms. The van der Waals surface area contributed by atoms with Crippen LogP contribution >= 0.6 is 15.9 Å². The minimum absolute atomic E-state index is 0.205. The Morgan fingerprint density at radius 1 is 1.47 bits per heavy atom. The molecule has 0 aliphatic heterocycles. The molecule has 0 aromatic heterocycles. The van der Waals surface area contributed by atoms with Gasteiger partial charge in [0.05, 0.1) is 12.7 Å². The molecule has 3 N–H and O–H groups in total. The Bertz CT molecular complexity index is 380. The molecule has 3 nitrogen and oxygen atoms in total. The highest BCUT2D eigenvalue weighted by Gasteiger charge is 2.19. The van der Waals surface area contributed by atoms with Gasteiger partial charge in [0.1, 0.15) is 5.75 Å². The van der Waals surface area contributed by atoms with E-state index in [1.165, 1.54) is 19.3 Å². The van der Waals surface area contributed by atoms with Gasteiger partial charge in [-0.2, -0.15) is 0 Å². The van der Waals surface area contributed by atoms with Crippen LogP contribution in [0.4, 0.5) is 0 Å². The van der Waals surface area contributed by atoms with Gasteiger partial charge >= 0.3 is 0 Å². The summed E-state index contributed by atoms with van der Waals surface area (Å²) in [6.07, 6.45) is 3.16. The first kappa shape index (κ1) is 12.9. The van der Waals surface area contributed by atoms with Gasteiger partial charge in [0.25, 0.3) is 0 Å². The third kappa shape index (κ3) is 3.21. The third-order valence-electron chi connectivity index (χ3n) is 3.25. The highest BCUT2D eigenvalue weighted by atomic mass is 79.9. The average Bonchev–Trinajstić information content (AvgIpc) is 2.27. The molecule has 1 unspecified atom stereocenters. The number of ether oxygens (including phenoxy) is 1. The molecule has 0 bridgehead atoms. The first-order valence-electron chi connectivity index (χ1n) is 6.01. The largest absolute Gasteiger partial charge is 0.493 e. The second kappa shape index (κ2) is 5.85. The fourth-order valence-corrected chi connectivity index (χ4v) is 2.28. The molecule has 1 aliphatic rings. The van der Waals surface area contributed by atoms with Gasteiger partial charge in [-0.25, -0.2) is 0 Å². The molecule has 1 aromatic carbocycles. The monoisotopic (exact) mass is 299 g/mol. The molecule has 94 valence electrons. The number of nitrogens with two attached hydrogens (primary N) is 1. The van der Waals surface area contributed by atoms with Gasteiger partial charge in [0.2, 0.25) is 0 Å². The predicted molar refractivity (Wildman–Crippen MR) is 71.0 cm³/mol. The second-order valence-electron chi connectivity index (χ2n) is 4.54. The van der Waals surface area contributed by atoms with Crippen LogP contribution in [0.2, 0.25) is 0 Å². The Hall–Kier alpha value is -0.580. The lowest BCUT2D eigenvalue weighted by molar-refractivity contribution is 0.159. The maximum Gasteiger partial charge on any atom is 0.125 e. The predicted octanol–water partition coefficient (Wildman–Crippen LogP) is 2.62. The lowest BCUT2D eigenvalue weighted by atomic mass is 9.86. The summed E-state index contributed by atoms with van der Waals surface area (Å²) in [4.78, 5) is 0. The van der Waals surface area contributed by atoms with E-state index in [1.807, 2.05) is 18.2 Å². The molecular weight excluding hydrogens is 282 g/mol. The van der Waals surface area contributed by atoms with Crippen LogP contribution in [0, 0.1) is 5.92 Å². The van der Waals surface area contributed by atoms with Gasteiger partial charge in [-0.3, -0.25) is 0 Å². The summed E-state index contributed by atoms with van der Waals surface area (Å²) in [5, 5.41) is 9.85. The van der Waals surface area contributed by atoms with E-state index in [4.69, 9.17) is 10.5 Å². The van der Waals surface area contributed by atoms with Gasteiger partial charge < -0.3 is 15.6 Å². The van der Waals surface area contributed by atoms with Gasteiger partial charge in [-0.15, -0.1) is 0 Å². The average molecular weight is 300 g/mol. The zero-order valence-corrected chi connectivity index (χ0v) is 11.3. The number of hydrogen-bond acceptors (Lipinski definition) is 3. The first-order chi connectivity index (χ1) is 8.20. The minimum atomic E-state index is -0.663. The molecule has 17 heavy (non-hydrogen) atoms. The van der Waals surface area contributed by atoms with Crippen LogP contribution in [-0.4, -0.2) is 18.3 Å². The normalized spacial score (nSPS) is 17.6. The fourth-order valence-electron chi connectivity index (χ4n) is 1.91. The maximum atomic E-state index is 9.85. The van der Waals surface area contributed by atoms with Gasteiger partial charge in [0.15, 0.2) is 0 Å². The van der Waals surface area contributed by atoms with Crippen LogP contribution in [-0.2, 0) is 0 Å². The fraction of sp³-hybridized carbons (Fsp3) is 0.538. The molecule has 0 heterocycles. The molecule has 0 amide bonds. The molecule has 1 aliphatic carbocycles. The summed E-state index contributed by atoms with van der Waals surface area (Å²) in [6, 6.07) is 5.67. The molecular formula is C13H18BrNO2. The van der Waals surface area contributed by atoms with Crippen molar-refractivity contribution in [2.45, 2.75) is 25.4 Å². The van der Waals surface area contributed by atoms with Crippen molar-refractivity contribution in [1.82, 2.24) is 0 Å². The van der Waals surface area contributed by atoms with E-state index in [2.05, 4.69) is 15.9 Å². The summed E-state index contributed by atoms with van der Waals surface area (Å²) in [5.74, 6) is 1.43. The van der Waals surface area contributed by atoms with E-state index in [0.29, 0.717) is 5.92 Å². The SMILES string of the molecule is NCC(O)c1cc(Br)ccc1OCC1CCC1. The van der Waals surface area contributed by atoms with Crippen molar-refractivity contribution in [3.63, 3.8) is 0 Å². The highest BCUT2D eigenvalue weighted by molar-refractivity contribution is 9.10. The molecule has 1 saturated carbocycles. The zero-order chi connectivity index (χ0) is 12.3. The maximum absolute atomic E-state index is 9.85. The Morgan fingerprint density at radius 3 is 2.82 bits per heavy atom. The summed E-state index contributed by atoms with van der Waals surface area (Å²) in [7, 11) is 0. The Morgan fingerprint density at radius 2 is 2.24 bits per heavy atom. The summed E-state index contributed by atoms with van der Waals surface area (Å²) in [6.45, 7) is 0.947. The van der Waals surface area contributed by atoms with Crippen LogP contribution in [0.1, 0.15) is 30.9 Å². The van der Waals surface area contributed by atoms with Crippen molar-refractivity contribution < 1.29 is 9.84 Å². The van der Waals surface area contributed by atoms with Gasteiger partial charge in [-0.05, 0) is 37.0 Å². The summed E-state index contributed by atoms with van der Waals surface area (Å²) < 4.78 is 6.71. The Balaban J connectivity index is 2.07. The van der Waals surface area contributed by atoms with E-state index in [-0.39, 0.29) is 6.54 Å². The van der Waals surface area contributed by atoms with Crippen LogP contribution in [0.25, 0.3) is 0 Å². The number of aliphatic hydroxyl groups is 1. The second-order valence-corrected chi connectivity index (χ2v) is 5.46. The van der Waals surface area contributed by atoms with E-state index in [0.717, 1.165) is 22.4 Å². The molecule has 1 aromatic rings. The zero-order valence-electron chi connectivity index (χ0n) is 9.73. The van der Waals surface area contributed by atoms with Crippen LogP contribution in [0.5, 0.6) is 5.75 Å². The van der Waals surface area contributed by atoms with E-state index < -0.39 is 6.10 Å². The first-order valence-corrected chi connectivity index (χ1v) is 6.80. The highest BCUT2D eigenvalue weighted by Crippen LogP contribution is 2.31. The molecule has 0 radical (unpaired) electrons. The summed E-state index contributed by atoms with van der Waals surface area (Å²) >= 11 is 3.39. The molecule has 1 atom stereocenters. The molecule has 1 fully saturated rings. The third-order valence-corrected chi connectivity index (χ3v) is 3.75. The number of hydrogen-bond donors (Lipinski definition) is 2. The molecule has 0 spiro atoms. The van der Waals surface area contributed by atoms with Crippen molar-refractivity contribution in [3.8, 4) is 5.75 Å². The minimum Gasteiger partial charge on any atom is -0.493 e. The summed E-state index contributed by atoms with van der Waals surface area (Å²) in [5.41, 5.74) is 6.26. The van der Waals surface area contributed by atoms with Crippen molar-refractivity contribution in [1.29, 1.82) is 0 Å². The van der Waals surface area contributed by atoms with Crippen LogP contribution in [0.15, 0.2) is 22.7 Å². The topological polar surface area (TPSA) is 55.5 Å². The Kier molecular flexibility index (Phi) is 4.42. The van der Waals surface area contributed by atoms with Gasteiger partial charge in [0, 0.05) is 16.6 Å². The number of benzene rings is 1. The number of rotatable bonds is 5. The van der Waals surface area contributed by atoms with Crippen molar-refractivity contribution in [2.75, 3.05) is 13.2 Å².